The Labute approximate surface area is 186 Å². The van der Waals surface area contributed by atoms with Crippen molar-refractivity contribution in [3.63, 3.8) is 0 Å². The van der Waals surface area contributed by atoms with Crippen LogP contribution in [0.3, 0.4) is 0 Å². The normalized spacial score (nSPS) is 44.3. The minimum absolute atomic E-state index is 0.00249. The van der Waals surface area contributed by atoms with Crippen LogP contribution in [-0.4, -0.2) is 61.4 Å². The summed E-state index contributed by atoms with van der Waals surface area (Å²) in [6.45, 7) is 11.8. The second kappa shape index (κ2) is 6.95. The molecule has 7 atom stereocenters. The summed E-state index contributed by atoms with van der Waals surface area (Å²) < 4.78 is 12.6. The van der Waals surface area contributed by atoms with Crippen molar-refractivity contribution in [2.24, 2.45) is 23.2 Å². The Morgan fingerprint density at radius 3 is 2.77 bits per heavy atom. The van der Waals surface area contributed by atoms with Gasteiger partial charge in [0.1, 0.15) is 11.7 Å². The molecule has 1 spiro atoms. The molecule has 3 heterocycles. The first-order valence-electron chi connectivity index (χ1n) is 12.3. The van der Waals surface area contributed by atoms with Crippen LogP contribution in [0, 0.1) is 30.1 Å². The van der Waals surface area contributed by atoms with Gasteiger partial charge in [-0.3, -0.25) is 9.69 Å². The van der Waals surface area contributed by atoms with Gasteiger partial charge in [0, 0.05) is 49.7 Å². The van der Waals surface area contributed by atoms with Gasteiger partial charge in [0.15, 0.2) is 0 Å². The van der Waals surface area contributed by atoms with Gasteiger partial charge in [0.25, 0.3) is 0 Å². The first-order chi connectivity index (χ1) is 14.9. The average molecular weight is 425 g/mol. The average Bonchev–Trinajstić information content (AvgIpc) is 3.43. The van der Waals surface area contributed by atoms with Gasteiger partial charge in [-0.05, 0) is 49.8 Å². The van der Waals surface area contributed by atoms with Crippen LogP contribution in [0.5, 0.6) is 0 Å². The lowest BCUT2D eigenvalue weighted by Gasteiger charge is -2.49. The van der Waals surface area contributed by atoms with E-state index in [0.717, 1.165) is 39.1 Å². The smallest absolute Gasteiger partial charge is 0.311 e. The number of esters is 1. The molecule has 0 radical (unpaired) electrons. The van der Waals surface area contributed by atoms with Gasteiger partial charge in [-0.25, -0.2) is 0 Å². The number of fused-ring (bicyclic) bond motifs is 2. The number of hydrogen-bond donors (Lipinski definition) is 0. The molecule has 31 heavy (non-hydrogen) atoms. The Morgan fingerprint density at radius 1 is 1.19 bits per heavy atom. The third-order valence-electron chi connectivity index (χ3n) is 9.39. The Hall–Kier alpha value is -1.59. The van der Waals surface area contributed by atoms with Crippen molar-refractivity contribution in [1.82, 2.24) is 4.90 Å². The standard InChI is InChI=1S/C26H36N2O3/c1-17-6-4-8-19(14-17)28-12-10-27(11-13-28)16-20-22-21(30-24(20)29)15-25(3)9-5-7-18(2)26(25)23(22)31-26/h4,6,8,14,18,20-23H,5,7,9-13,15-16H2,1-3H3/t18-,20+,21+,22+,23+,25+,26-/m0/s1. The molecule has 2 saturated carbocycles. The minimum atomic E-state index is -0.0291. The van der Waals surface area contributed by atoms with Gasteiger partial charge in [-0.15, -0.1) is 0 Å². The number of epoxide rings is 1. The van der Waals surface area contributed by atoms with E-state index in [-0.39, 0.29) is 41.0 Å². The number of piperazine rings is 1. The van der Waals surface area contributed by atoms with Crippen LogP contribution in [0.25, 0.3) is 0 Å². The zero-order chi connectivity index (χ0) is 21.4. The molecule has 2 aliphatic carbocycles. The summed E-state index contributed by atoms with van der Waals surface area (Å²) in [5, 5.41) is 0. The van der Waals surface area contributed by atoms with E-state index in [4.69, 9.17) is 9.47 Å². The number of nitrogens with zero attached hydrogens (tertiary/aromatic N) is 2. The summed E-state index contributed by atoms with van der Waals surface area (Å²) >= 11 is 0. The van der Waals surface area contributed by atoms with Crippen molar-refractivity contribution >= 4 is 11.7 Å². The molecular formula is C26H36N2O3. The van der Waals surface area contributed by atoms with Crippen LogP contribution in [0.1, 0.15) is 45.1 Å². The molecular weight excluding hydrogens is 388 g/mol. The topological polar surface area (TPSA) is 45.3 Å². The highest BCUT2D eigenvalue weighted by molar-refractivity contribution is 5.76. The lowest BCUT2D eigenvalue weighted by Crippen LogP contribution is -2.55. The highest BCUT2D eigenvalue weighted by atomic mass is 16.6. The number of aryl methyl sites for hydroxylation is 1. The zero-order valence-corrected chi connectivity index (χ0v) is 19.2. The predicted octanol–water partition coefficient (Wildman–Crippen LogP) is 3.64. The van der Waals surface area contributed by atoms with Gasteiger partial charge >= 0.3 is 5.97 Å². The summed E-state index contributed by atoms with van der Waals surface area (Å²) in [5.41, 5.74) is 2.79. The van der Waals surface area contributed by atoms with Crippen LogP contribution in [0.4, 0.5) is 5.69 Å². The van der Waals surface area contributed by atoms with E-state index in [1.54, 1.807) is 0 Å². The summed E-state index contributed by atoms with van der Waals surface area (Å²) in [6, 6.07) is 8.76. The highest BCUT2D eigenvalue weighted by Crippen LogP contribution is 2.70. The first-order valence-corrected chi connectivity index (χ1v) is 12.3. The van der Waals surface area contributed by atoms with E-state index >= 15 is 0 Å². The van der Waals surface area contributed by atoms with Gasteiger partial charge in [-0.2, -0.15) is 0 Å². The summed E-state index contributed by atoms with van der Waals surface area (Å²) in [4.78, 5) is 17.9. The molecule has 1 aromatic rings. The monoisotopic (exact) mass is 424 g/mol. The first kappa shape index (κ1) is 20.0. The van der Waals surface area contributed by atoms with Crippen molar-refractivity contribution in [3.05, 3.63) is 29.8 Å². The van der Waals surface area contributed by atoms with Crippen LogP contribution >= 0.6 is 0 Å². The maximum atomic E-state index is 13.0. The van der Waals surface area contributed by atoms with E-state index in [1.165, 1.54) is 30.5 Å². The van der Waals surface area contributed by atoms with Gasteiger partial charge in [0.05, 0.1) is 12.0 Å². The van der Waals surface area contributed by atoms with Crippen LogP contribution < -0.4 is 4.90 Å². The maximum Gasteiger partial charge on any atom is 0.311 e. The number of ether oxygens (including phenoxy) is 2. The number of carbonyl (C=O) groups is 1. The molecule has 0 aromatic heterocycles. The fourth-order valence-corrected chi connectivity index (χ4v) is 7.73. The highest BCUT2D eigenvalue weighted by Gasteiger charge is 2.78. The third kappa shape index (κ3) is 2.92. The molecule has 1 aromatic carbocycles. The molecule has 5 fully saturated rings. The zero-order valence-electron chi connectivity index (χ0n) is 19.2. The number of anilines is 1. The van der Waals surface area contributed by atoms with Crippen molar-refractivity contribution < 1.29 is 14.3 Å². The molecule has 3 saturated heterocycles. The number of rotatable bonds is 3. The van der Waals surface area contributed by atoms with Crippen LogP contribution in [0.2, 0.25) is 0 Å². The van der Waals surface area contributed by atoms with Crippen LogP contribution in [0.15, 0.2) is 24.3 Å². The summed E-state index contributed by atoms with van der Waals surface area (Å²) in [7, 11) is 0. The Kier molecular flexibility index (Phi) is 4.50. The predicted molar refractivity (Wildman–Crippen MR) is 120 cm³/mol. The van der Waals surface area contributed by atoms with Crippen molar-refractivity contribution in [1.29, 1.82) is 0 Å². The quantitative estimate of drug-likeness (QED) is 0.548. The molecule has 168 valence electrons. The van der Waals surface area contributed by atoms with Crippen molar-refractivity contribution in [3.8, 4) is 0 Å². The third-order valence-corrected chi connectivity index (χ3v) is 9.39. The van der Waals surface area contributed by atoms with E-state index in [2.05, 4.69) is 54.8 Å². The maximum absolute atomic E-state index is 13.0. The number of carbonyl (C=O) groups excluding carboxylic acids is 1. The molecule has 0 amide bonds. The molecule has 0 N–H and O–H groups in total. The lowest BCUT2D eigenvalue weighted by molar-refractivity contribution is -0.146. The number of benzene rings is 1. The number of hydrogen-bond acceptors (Lipinski definition) is 5. The van der Waals surface area contributed by atoms with Gasteiger partial charge in [-0.1, -0.05) is 32.4 Å². The molecule has 5 nitrogen and oxygen atoms in total. The van der Waals surface area contributed by atoms with E-state index in [1.807, 2.05) is 0 Å². The molecule has 5 aliphatic rings. The summed E-state index contributed by atoms with van der Waals surface area (Å²) in [6.07, 6.45) is 5.00. The molecule has 0 unspecified atom stereocenters. The lowest BCUT2D eigenvalue weighted by atomic mass is 9.53. The fraction of sp³-hybridized carbons (Fsp3) is 0.731. The van der Waals surface area contributed by atoms with Crippen molar-refractivity contribution in [2.45, 2.75) is 64.3 Å². The van der Waals surface area contributed by atoms with E-state index in [0.29, 0.717) is 5.92 Å². The molecule has 0 bridgehead atoms. The molecule has 3 aliphatic heterocycles. The van der Waals surface area contributed by atoms with Gasteiger partial charge < -0.3 is 14.4 Å². The second-order valence-electron chi connectivity index (χ2n) is 11.2. The van der Waals surface area contributed by atoms with E-state index in [9.17, 15) is 4.79 Å². The Balaban J connectivity index is 1.14. The molecule has 6 rings (SSSR count). The van der Waals surface area contributed by atoms with E-state index < -0.39 is 0 Å². The SMILES string of the molecule is Cc1cccc(N2CCN(C[C@H]3C(=O)O[C@@H]4C[C@@]5(C)CCC[C@H](C)[C@@]56O[C@@H]6[C@@H]43)CC2)c1. The Morgan fingerprint density at radius 2 is 2.00 bits per heavy atom. The minimum Gasteiger partial charge on any atom is -0.462 e. The van der Waals surface area contributed by atoms with Gasteiger partial charge in [0.2, 0.25) is 0 Å². The largest absolute Gasteiger partial charge is 0.462 e. The second-order valence-corrected chi connectivity index (χ2v) is 11.2. The fourth-order valence-electron chi connectivity index (χ4n) is 7.73. The summed E-state index contributed by atoms with van der Waals surface area (Å²) in [5.74, 6) is 0.831. The van der Waals surface area contributed by atoms with Crippen molar-refractivity contribution in [2.75, 3.05) is 37.6 Å². The molecule has 5 heteroatoms. The Bertz CT molecular complexity index is 881. The van der Waals surface area contributed by atoms with Crippen LogP contribution in [-0.2, 0) is 14.3 Å².